The summed E-state index contributed by atoms with van der Waals surface area (Å²) in [4.78, 5) is 24.0. The molecule has 1 aliphatic carbocycles. The van der Waals surface area contributed by atoms with E-state index in [0.717, 1.165) is 32.1 Å². The van der Waals surface area contributed by atoms with Crippen LogP contribution < -0.4 is 0 Å². The minimum Gasteiger partial charge on any atom is -0.374 e. The molecule has 0 bridgehead atoms. The van der Waals surface area contributed by atoms with Crippen molar-refractivity contribution in [1.82, 2.24) is 19.8 Å². The van der Waals surface area contributed by atoms with Crippen LogP contribution in [-0.2, 0) is 4.74 Å². The van der Waals surface area contributed by atoms with E-state index in [0.29, 0.717) is 18.2 Å². The number of hydrogen-bond acceptors (Lipinski definition) is 4. The second kappa shape index (κ2) is 6.15. The van der Waals surface area contributed by atoms with E-state index in [4.69, 9.17) is 4.74 Å². The molecule has 2 aliphatic rings. The van der Waals surface area contributed by atoms with Crippen molar-refractivity contribution in [1.29, 1.82) is 0 Å². The molecule has 1 aromatic heterocycles. The van der Waals surface area contributed by atoms with Crippen molar-refractivity contribution in [3.05, 3.63) is 17.7 Å². The number of amides is 1. The summed E-state index contributed by atoms with van der Waals surface area (Å²) in [7, 11) is 2.10. The molecule has 0 spiro atoms. The molecule has 2 heterocycles. The van der Waals surface area contributed by atoms with Gasteiger partial charge in [0, 0.05) is 26.2 Å². The number of rotatable bonds is 5. The molecule has 3 rings (SSSR count). The zero-order chi connectivity index (χ0) is 14.8. The molecule has 116 valence electrons. The molecule has 0 unspecified atom stereocenters. The number of carbonyl (C=O) groups is 1. The molecular weight excluding hydrogens is 268 g/mol. The van der Waals surface area contributed by atoms with Gasteiger partial charge < -0.3 is 19.5 Å². The highest BCUT2D eigenvalue weighted by Crippen LogP contribution is 2.30. The molecule has 1 aliphatic heterocycles. The Balaban J connectivity index is 1.66. The first-order chi connectivity index (χ1) is 10.1. The first-order valence-corrected chi connectivity index (χ1v) is 7.73. The standard InChI is InChI=1S/C15H24N4O2/c1-11-16-7-14(17-11)15(20)19(8-12-3-4-12)10-13-9-18(2)5-6-21-13/h7,12-13H,3-6,8-10H2,1-2H3,(H,16,17)/t13-/m1/s1. The smallest absolute Gasteiger partial charge is 0.272 e. The number of carbonyl (C=O) groups excluding carboxylic acids is 1. The van der Waals surface area contributed by atoms with Gasteiger partial charge in [0.2, 0.25) is 0 Å². The fourth-order valence-electron chi connectivity index (χ4n) is 2.78. The third-order valence-electron chi connectivity index (χ3n) is 4.16. The molecular formula is C15H24N4O2. The van der Waals surface area contributed by atoms with E-state index < -0.39 is 0 Å². The molecule has 2 fully saturated rings. The lowest BCUT2D eigenvalue weighted by Gasteiger charge is -2.33. The van der Waals surface area contributed by atoms with Gasteiger partial charge >= 0.3 is 0 Å². The topological polar surface area (TPSA) is 61.5 Å². The second-order valence-corrected chi connectivity index (χ2v) is 6.29. The Labute approximate surface area is 125 Å². The van der Waals surface area contributed by atoms with Gasteiger partial charge in [0.05, 0.1) is 18.9 Å². The average molecular weight is 292 g/mol. The Morgan fingerprint density at radius 2 is 2.33 bits per heavy atom. The van der Waals surface area contributed by atoms with Crippen LogP contribution in [0.5, 0.6) is 0 Å². The van der Waals surface area contributed by atoms with E-state index in [1.807, 2.05) is 11.8 Å². The van der Waals surface area contributed by atoms with Crippen LogP contribution in [0.3, 0.4) is 0 Å². The molecule has 21 heavy (non-hydrogen) atoms. The Hall–Kier alpha value is -1.40. The predicted octanol–water partition coefficient (Wildman–Crippen LogP) is 0.901. The molecule has 0 radical (unpaired) electrons. The quantitative estimate of drug-likeness (QED) is 0.876. The van der Waals surface area contributed by atoms with E-state index in [9.17, 15) is 4.79 Å². The van der Waals surface area contributed by atoms with Crippen LogP contribution in [0.25, 0.3) is 0 Å². The molecule has 1 saturated carbocycles. The lowest BCUT2D eigenvalue weighted by Crippen LogP contribution is -2.48. The number of aromatic nitrogens is 2. The molecule has 6 nitrogen and oxygen atoms in total. The maximum atomic E-state index is 12.7. The van der Waals surface area contributed by atoms with Gasteiger partial charge in [-0.25, -0.2) is 4.98 Å². The summed E-state index contributed by atoms with van der Waals surface area (Å²) in [6, 6.07) is 0. The van der Waals surface area contributed by atoms with Crippen LogP contribution in [-0.4, -0.2) is 71.6 Å². The summed E-state index contributed by atoms with van der Waals surface area (Å²) in [5.74, 6) is 1.48. The molecule has 1 N–H and O–H groups in total. The van der Waals surface area contributed by atoms with Crippen LogP contribution >= 0.6 is 0 Å². The van der Waals surface area contributed by atoms with Crippen molar-refractivity contribution < 1.29 is 9.53 Å². The summed E-state index contributed by atoms with van der Waals surface area (Å²) < 4.78 is 5.81. The lowest BCUT2D eigenvalue weighted by atomic mass is 10.2. The van der Waals surface area contributed by atoms with E-state index in [1.165, 1.54) is 12.8 Å². The highest BCUT2D eigenvalue weighted by molar-refractivity contribution is 5.92. The van der Waals surface area contributed by atoms with Gasteiger partial charge in [-0.3, -0.25) is 4.79 Å². The fourth-order valence-corrected chi connectivity index (χ4v) is 2.78. The van der Waals surface area contributed by atoms with Crippen LogP contribution in [0.4, 0.5) is 0 Å². The first-order valence-electron chi connectivity index (χ1n) is 7.73. The monoisotopic (exact) mass is 292 g/mol. The Morgan fingerprint density at radius 3 is 2.95 bits per heavy atom. The minimum atomic E-state index is 0.0410. The molecule has 1 amide bonds. The van der Waals surface area contributed by atoms with Gasteiger partial charge in [-0.05, 0) is 32.7 Å². The third kappa shape index (κ3) is 3.83. The molecule has 6 heteroatoms. The SMILES string of the molecule is Cc1ncc(C(=O)N(CC2CC2)C[C@H]2CN(C)CCO2)[nH]1. The minimum absolute atomic E-state index is 0.0410. The van der Waals surface area contributed by atoms with Gasteiger partial charge in [0.15, 0.2) is 0 Å². The largest absolute Gasteiger partial charge is 0.374 e. The van der Waals surface area contributed by atoms with Crippen LogP contribution in [0.1, 0.15) is 29.2 Å². The fraction of sp³-hybridized carbons (Fsp3) is 0.733. The number of hydrogen-bond donors (Lipinski definition) is 1. The first kappa shape index (κ1) is 14.5. The third-order valence-corrected chi connectivity index (χ3v) is 4.16. The number of likely N-dealkylation sites (N-methyl/N-ethyl adjacent to an activating group) is 1. The average Bonchev–Trinajstić information content (AvgIpc) is 3.16. The van der Waals surface area contributed by atoms with Gasteiger partial charge in [-0.15, -0.1) is 0 Å². The van der Waals surface area contributed by atoms with Gasteiger partial charge in [-0.1, -0.05) is 0 Å². The van der Waals surface area contributed by atoms with Crippen molar-refractivity contribution in [2.24, 2.45) is 5.92 Å². The van der Waals surface area contributed by atoms with Crippen molar-refractivity contribution in [2.75, 3.05) is 39.8 Å². The number of aromatic amines is 1. The number of ether oxygens (including phenoxy) is 1. The van der Waals surface area contributed by atoms with Crippen molar-refractivity contribution in [3.8, 4) is 0 Å². The highest BCUT2D eigenvalue weighted by Gasteiger charge is 2.30. The number of nitrogens with zero attached hydrogens (tertiary/aromatic N) is 3. The van der Waals surface area contributed by atoms with Crippen molar-refractivity contribution in [3.63, 3.8) is 0 Å². The maximum absolute atomic E-state index is 12.7. The molecule has 1 atom stereocenters. The zero-order valence-electron chi connectivity index (χ0n) is 12.8. The van der Waals surface area contributed by atoms with E-state index in [-0.39, 0.29) is 12.0 Å². The second-order valence-electron chi connectivity index (χ2n) is 6.29. The number of nitrogens with one attached hydrogen (secondary N) is 1. The summed E-state index contributed by atoms with van der Waals surface area (Å²) in [6.07, 6.45) is 4.20. The summed E-state index contributed by atoms with van der Waals surface area (Å²) >= 11 is 0. The van der Waals surface area contributed by atoms with Crippen molar-refractivity contribution >= 4 is 5.91 Å². The number of H-pyrrole nitrogens is 1. The Kier molecular flexibility index (Phi) is 4.26. The van der Waals surface area contributed by atoms with E-state index in [2.05, 4.69) is 21.9 Å². The van der Waals surface area contributed by atoms with Crippen LogP contribution in [0.15, 0.2) is 6.20 Å². The van der Waals surface area contributed by atoms with Crippen molar-refractivity contribution in [2.45, 2.75) is 25.9 Å². The summed E-state index contributed by atoms with van der Waals surface area (Å²) in [6.45, 7) is 5.96. The van der Waals surface area contributed by atoms with E-state index >= 15 is 0 Å². The van der Waals surface area contributed by atoms with Gasteiger partial charge in [0.25, 0.3) is 5.91 Å². The number of imidazole rings is 1. The normalized spacial score (nSPS) is 23.2. The maximum Gasteiger partial charge on any atom is 0.272 e. The molecule has 1 saturated heterocycles. The summed E-state index contributed by atoms with van der Waals surface area (Å²) in [5, 5.41) is 0. The Morgan fingerprint density at radius 1 is 1.52 bits per heavy atom. The number of aryl methyl sites for hydroxylation is 1. The molecule has 0 aromatic carbocycles. The van der Waals surface area contributed by atoms with Crippen LogP contribution in [0.2, 0.25) is 0 Å². The van der Waals surface area contributed by atoms with E-state index in [1.54, 1.807) is 6.20 Å². The lowest BCUT2D eigenvalue weighted by molar-refractivity contribution is -0.0332. The zero-order valence-corrected chi connectivity index (χ0v) is 12.8. The molecule has 1 aromatic rings. The predicted molar refractivity (Wildman–Crippen MR) is 79.2 cm³/mol. The Bertz CT molecular complexity index is 498. The number of morpholine rings is 1. The highest BCUT2D eigenvalue weighted by atomic mass is 16.5. The van der Waals surface area contributed by atoms with Crippen LogP contribution in [0, 0.1) is 12.8 Å². The summed E-state index contributed by atoms with van der Waals surface area (Å²) in [5.41, 5.74) is 0.581. The van der Waals surface area contributed by atoms with Gasteiger partial charge in [-0.2, -0.15) is 0 Å². The van der Waals surface area contributed by atoms with Gasteiger partial charge in [0.1, 0.15) is 11.5 Å².